The molecule has 2 aromatic rings. The van der Waals surface area contributed by atoms with Crippen LogP contribution in [-0.2, 0) is 0 Å². The molecule has 0 bridgehead atoms. The lowest BCUT2D eigenvalue weighted by Gasteiger charge is -2.27. The van der Waals surface area contributed by atoms with Crippen molar-refractivity contribution in [2.24, 2.45) is 5.92 Å². The number of carbonyl (C=O) groups excluding carboxylic acids is 2. The lowest BCUT2D eigenvalue weighted by molar-refractivity contribution is 0.0760. The standard InChI is InChI=1S/C22H24F2N2O2/c1-26(14-15-5-3-2-4-6-15)22(28)16-7-10-18(11-8-16)25-21(27)19-12-9-17(23)13-20(19)24/h7-13,15H,2-6,14H2,1H3,(H,25,27). The van der Waals surface area contributed by atoms with Crippen molar-refractivity contribution in [2.45, 2.75) is 32.1 Å². The first-order valence-electron chi connectivity index (χ1n) is 9.56. The minimum absolute atomic E-state index is 0.0620. The third kappa shape index (κ3) is 4.94. The van der Waals surface area contributed by atoms with Crippen LogP contribution in [0.2, 0.25) is 0 Å². The molecule has 0 saturated heterocycles. The first kappa shape index (κ1) is 20.0. The smallest absolute Gasteiger partial charge is 0.258 e. The molecule has 0 spiro atoms. The second kappa shape index (κ2) is 8.95. The molecule has 1 saturated carbocycles. The van der Waals surface area contributed by atoms with Gasteiger partial charge in [-0.2, -0.15) is 0 Å². The highest BCUT2D eigenvalue weighted by molar-refractivity contribution is 6.04. The number of nitrogens with zero attached hydrogens (tertiary/aromatic N) is 1. The predicted octanol–water partition coefficient (Wildman–Crippen LogP) is 4.87. The van der Waals surface area contributed by atoms with Gasteiger partial charge in [0.1, 0.15) is 11.6 Å². The summed E-state index contributed by atoms with van der Waals surface area (Å²) in [6.45, 7) is 0.751. The highest BCUT2D eigenvalue weighted by atomic mass is 19.1. The molecule has 4 nitrogen and oxygen atoms in total. The van der Waals surface area contributed by atoms with Crippen LogP contribution in [0.4, 0.5) is 14.5 Å². The zero-order valence-electron chi connectivity index (χ0n) is 15.9. The van der Waals surface area contributed by atoms with Crippen LogP contribution in [-0.4, -0.2) is 30.3 Å². The van der Waals surface area contributed by atoms with E-state index in [9.17, 15) is 18.4 Å². The number of anilines is 1. The summed E-state index contributed by atoms with van der Waals surface area (Å²) in [7, 11) is 1.81. The zero-order chi connectivity index (χ0) is 20.1. The number of hydrogen-bond donors (Lipinski definition) is 1. The van der Waals surface area contributed by atoms with Gasteiger partial charge in [-0.3, -0.25) is 9.59 Å². The van der Waals surface area contributed by atoms with Gasteiger partial charge >= 0.3 is 0 Å². The highest BCUT2D eigenvalue weighted by Crippen LogP contribution is 2.24. The van der Waals surface area contributed by atoms with Gasteiger partial charge in [-0.1, -0.05) is 19.3 Å². The number of carbonyl (C=O) groups is 2. The average molecular weight is 386 g/mol. The fourth-order valence-electron chi connectivity index (χ4n) is 3.63. The Balaban J connectivity index is 1.60. The quantitative estimate of drug-likeness (QED) is 0.797. The lowest BCUT2D eigenvalue weighted by atomic mass is 9.89. The molecule has 1 N–H and O–H groups in total. The number of benzene rings is 2. The van der Waals surface area contributed by atoms with Crippen molar-refractivity contribution in [2.75, 3.05) is 18.9 Å². The van der Waals surface area contributed by atoms with Crippen molar-refractivity contribution in [3.05, 3.63) is 65.2 Å². The van der Waals surface area contributed by atoms with E-state index in [1.165, 1.54) is 32.1 Å². The van der Waals surface area contributed by atoms with Gasteiger partial charge in [-0.15, -0.1) is 0 Å². The van der Waals surface area contributed by atoms with E-state index in [2.05, 4.69) is 5.32 Å². The van der Waals surface area contributed by atoms with E-state index >= 15 is 0 Å². The van der Waals surface area contributed by atoms with Gasteiger partial charge in [0.05, 0.1) is 5.56 Å². The molecule has 0 aromatic heterocycles. The molecule has 6 heteroatoms. The number of rotatable bonds is 5. The van der Waals surface area contributed by atoms with Crippen LogP contribution < -0.4 is 5.32 Å². The van der Waals surface area contributed by atoms with Crippen LogP contribution >= 0.6 is 0 Å². The second-order valence-corrected chi connectivity index (χ2v) is 7.35. The fourth-order valence-corrected chi connectivity index (χ4v) is 3.63. The van der Waals surface area contributed by atoms with Crippen LogP contribution in [0.5, 0.6) is 0 Å². The molecule has 1 aliphatic carbocycles. The predicted molar refractivity (Wildman–Crippen MR) is 104 cm³/mol. The molecule has 3 rings (SSSR count). The molecule has 0 atom stereocenters. The topological polar surface area (TPSA) is 49.4 Å². The van der Waals surface area contributed by atoms with Crippen molar-refractivity contribution in [3.8, 4) is 0 Å². The molecule has 0 heterocycles. The Bertz CT molecular complexity index is 846. The maximum absolute atomic E-state index is 13.7. The molecule has 28 heavy (non-hydrogen) atoms. The van der Waals surface area contributed by atoms with Crippen molar-refractivity contribution in [3.63, 3.8) is 0 Å². The van der Waals surface area contributed by atoms with E-state index < -0.39 is 17.5 Å². The Kier molecular flexibility index (Phi) is 6.39. The summed E-state index contributed by atoms with van der Waals surface area (Å²) in [6, 6.07) is 9.26. The van der Waals surface area contributed by atoms with E-state index in [-0.39, 0.29) is 11.5 Å². The summed E-state index contributed by atoms with van der Waals surface area (Å²) in [6.07, 6.45) is 6.08. The van der Waals surface area contributed by atoms with E-state index in [1.807, 2.05) is 7.05 Å². The fraction of sp³-hybridized carbons (Fsp3) is 0.364. The van der Waals surface area contributed by atoms with Gasteiger partial charge in [0, 0.05) is 30.9 Å². The van der Waals surface area contributed by atoms with Gasteiger partial charge < -0.3 is 10.2 Å². The normalized spacial score (nSPS) is 14.5. The summed E-state index contributed by atoms with van der Waals surface area (Å²) in [5, 5.41) is 2.55. The molecular formula is C22H24F2N2O2. The first-order valence-corrected chi connectivity index (χ1v) is 9.56. The number of amides is 2. The highest BCUT2D eigenvalue weighted by Gasteiger charge is 2.19. The third-order valence-corrected chi connectivity index (χ3v) is 5.17. The summed E-state index contributed by atoms with van der Waals surface area (Å²) in [5.41, 5.74) is 0.721. The molecule has 0 aliphatic heterocycles. The molecular weight excluding hydrogens is 362 g/mol. The van der Waals surface area contributed by atoms with Crippen LogP contribution in [0.1, 0.15) is 52.8 Å². The summed E-state index contributed by atoms with van der Waals surface area (Å²) < 4.78 is 26.7. The molecule has 1 aliphatic rings. The van der Waals surface area contributed by atoms with Gasteiger partial charge in [-0.25, -0.2) is 8.78 Å². The van der Waals surface area contributed by atoms with Crippen molar-refractivity contribution in [1.29, 1.82) is 0 Å². The maximum atomic E-state index is 13.7. The Morgan fingerprint density at radius 3 is 2.36 bits per heavy atom. The Morgan fingerprint density at radius 1 is 1.04 bits per heavy atom. The van der Waals surface area contributed by atoms with E-state index in [1.54, 1.807) is 29.2 Å². The van der Waals surface area contributed by atoms with Crippen LogP contribution in [0.3, 0.4) is 0 Å². The summed E-state index contributed by atoms with van der Waals surface area (Å²) >= 11 is 0. The lowest BCUT2D eigenvalue weighted by Crippen LogP contribution is -2.32. The van der Waals surface area contributed by atoms with Crippen molar-refractivity contribution < 1.29 is 18.4 Å². The van der Waals surface area contributed by atoms with Gasteiger partial charge in [0.15, 0.2) is 0 Å². The molecule has 2 aromatic carbocycles. The molecule has 0 radical (unpaired) electrons. The monoisotopic (exact) mass is 386 g/mol. The van der Waals surface area contributed by atoms with Crippen LogP contribution in [0.15, 0.2) is 42.5 Å². The maximum Gasteiger partial charge on any atom is 0.258 e. The molecule has 0 unspecified atom stereocenters. The Hall–Kier alpha value is -2.76. The van der Waals surface area contributed by atoms with E-state index in [4.69, 9.17) is 0 Å². The average Bonchev–Trinajstić information content (AvgIpc) is 2.68. The summed E-state index contributed by atoms with van der Waals surface area (Å²) in [5.74, 6) is -1.84. The molecule has 2 amide bonds. The first-order chi connectivity index (χ1) is 13.4. The molecule has 1 fully saturated rings. The number of hydrogen-bond acceptors (Lipinski definition) is 2. The Morgan fingerprint density at radius 2 is 1.71 bits per heavy atom. The zero-order valence-corrected chi connectivity index (χ0v) is 15.9. The minimum Gasteiger partial charge on any atom is -0.341 e. The summed E-state index contributed by atoms with van der Waals surface area (Å²) in [4.78, 5) is 26.5. The van der Waals surface area contributed by atoms with Gasteiger partial charge in [-0.05, 0) is 55.2 Å². The van der Waals surface area contributed by atoms with Gasteiger partial charge in [0.25, 0.3) is 11.8 Å². The molecule has 148 valence electrons. The SMILES string of the molecule is CN(CC1CCCCC1)C(=O)c1ccc(NC(=O)c2ccc(F)cc2F)cc1. The number of halogens is 2. The Labute approximate surface area is 163 Å². The third-order valence-electron chi connectivity index (χ3n) is 5.17. The second-order valence-electron chi connectivity index (χ2n) is 7.35. The minimum atomic E-state index is -0.923. The largest absolute Gasteiger partial charge is 0.341 e. The van der Waals surface area contributed by atoms with Crippen molar-refractivity contribution >= 4 is 17.5 Å². The number of nitrogens with one attached hydrogen (secondary N) is 1. The van der Waals surface area contributed by atoms with Gasteiger partial charge in [0.2, 0.25) is 0 Å². The van der Waals surface area contributed by atoms with Crippen LogP contribution in [0.25, 0.3) is 0 Å². The van der Waals surface area contributed by atoms with Crippen LogP contribution in [0, 0.1) is 17.6 Å². The van der Waals surface area contributed by atoms with E-state index in [0.717, 1.165) is 18.7 Å². The van der Waals surface area contributed by atoms with Crippen molar-refractivity contribution in [1.82, 2.24) is 4.90 Å². The van der Waals surface area contributed by atoms with E-state index in [0.29, 0.717) is 23.2 Å².